The first-order valence-corrected chi connectivity index (χ1v) is 5.25. The number of thiophene rings is 1. The number of halogens is 3. The van der Waals surface area contributed by atoms with Gasteiger partial charge < -0.3 is 0 Å². The van der Waals surface area contributed by atoms with Gasteiger partial charge in [-0.2, -0.15) is 0 Å². The lowest BCUT2D eigenvalue weighted by atomic mass is 10.2. The molecule has 0 N–H and O–H groups in total. The summed E-state index contributed by atoms with van der Waals surface area (Å²) in [5.41, 5.74) is 0.0252. The quantitative estimate of drug-likeness (QED) is 0.663. The van der Waals surface area contributed by atoms with Crippen LogP contribution in [0.3, 0.4) is 0 Å². The van der Waals surface area contributed by atoms with E-state index in [0.717, 1.165) is 15.0 Å². The minimum absolute atomic E-state index is 0.0252. The number of rotatable bonds is 1. The summed E-state index contributed by atoms with van der Waals surface area (Å²) in [4.78, 5) is 0.966. The van der Waals surface area contributed by atoms with Crippen molar-refractivity contribution in [2.45, 2.75) is 13.3 Å². The molecular weight excluding hydrogens is 226 g/mol. The van der Waals surface area contributed by atoms with Crippen LogP contribution in [0.5, 0.6) is 0 Å². The molecule has 2 rings (SSSR count). The van der Waals surface area contributed by atoms with Gasteiger partial charge in [0.2, 0.25) is 0 Å². The highest BCUT2D eigenvalue weighted by Crippen LogP contribution is 2.36. The number of benzene rings is 1. The van der Waals surface area contributed by atoms with Crippen molar-refractivity contribution in [2.24, 2.45) is 0 Å². The molecule has 0 radical (unpaired) electrons. The Morgan fingerprint density at radius 3 is 2.71 bits per heavy atom. The first kappa shape index (κ1) is 9.87. The van der Waals surface area contributed by atoms with E-state index in [1.165, 1.54) is 23.5 Å². The molecule has 2 aromatic rings. The molecule has 0 fully saturated rings. The molecule has 0 spiro atoms. The van der Waals surface area contributed by atoms with E-state index in [9.17, 15) is 8.78 Å². The smallest absolute Gasteiger partial charge is 0.205 e. The van der Waals surface area contributed by atoms with Crippen molar-refractivity contribution in [3.63, 3.8) is 0 Å². The van der Waals surface area contributed by atoms with Crippen molar-refractivity contribution in [1.29, 1.82) is 0 Å². The van der Waals surface area contributed by atoms with Gasteiger partial charge in [0, 0.05) is 20.5 Å². The predicted molar refractivity (Wildman–Crippen MR) is 56.5 cm³/mol. The fourth-order valence-electron chi connectivity index (χ4n) is 1.34. The van der Waals surface area contributed by atoms with Crippen LogP contribution in [0.4, 0.5) is 8.78 Å². The van der Waals surface area contributed by atoms with Gasteiger partial charge in [-0.1, -0.05) is 17.7 Å². The largest absolute Gasteiger partial charge is 0.263 e. The third-order valence-electron chi connectivity index (χ3n) is 2.06. The summed E-state index contributed by atoms with van der Waals surface area (Å²) in [7, 11) is 0. The lowest BCUT2D eigenvalue weighted by Gasteiger charge is -1.98. The second-order valence-electron chi connectivity index (χ2n) is 3.03. The molecule has 1 aromatic carbocycles. The van der Waals surface area contributed by atoms with Gasteiger partial charge in [0.1, 0.15) is 0 Å². The third kappa shape index (κ3) is 1.51. The van der Waals surface area contributed by atoms with Crippen molar-refractivity contribution in [2.75, 3.05) is 0 Å². The fourth-order valence-corrected chi connectivity index (χ4v) is 2.61. The van der Waals surface area contributed by atoms with Crippen LogP contribution in [-0.4, -0.2) is 0 Å². The van der Waals surface area contributed by atoms with E-state index in [1.54, 1.807) is 6.07 Å². The third-order valence-corrected chi connectivity index (χ3v) is 3.75. The van der Waals surface area contributed by atoms with E-state index in [-0.39, 0.29) is 5.56 Å². The average molecular weight is 233 g/mol. The molecule has 1 heterocycles. The summed E-state index contributed by atoms with van der Waals surface area (Å²) in [5, 5.41) is 1.32. The van der Waals surface area contributed by atoms with Crippen molar-refractivity contribution >= 4 is 33.0 Å². The van der Waals surface area contributed by atoms with Crippen LogP contribution in [0, 0.1) is 6.92 Å². The van der Waals surface area contributed by atoms with Crippen LogP contribution in [0.1, 0.15) is 16.9 Å². The number of alkyl halides is 2. The normalized spacial score (nSPS) is 11.5. The van der Waals surface area contributed by atoms with Gasteiger partial charge in [-0.15, -0.1) is 11.3 Å². The van der Waals surface area contributed by atoms with Crippen LogP contribution in [0.15, 0.2) is 18.2 Å². The van der Waals surface area contributed by atoms with Gasteiger partial charge in [-0.3, -0.25) is 0 Å². The van der Waals surface area contributed by atoms with Crippen molar-refractivity contribution in [3.05, 3.63) is 33.7 Å². The molecule has 0 saturated heterocycles. The van der Waals surface area contributed by atoms with Crippen molar-refractivity contribution in [3.8, 4) is 0 Å². The first-order chi connectivity index (χ1) is 6.59. The maximum Gasteiger partial charge on any atom is 0.263 e. The first-order valence-electron chi connectivity index (χ1n) is 4.06. The van der Waals surface area contributed by atoms with Crippen LogP contribution in [0.25, 0.3) is 10.1 Å². The molecule has 0 aliphatic carbocycles. The highest BCUT2D eigenvalue weighted by molar-refractivity contribution is 7.19. The maximum atomic E-state index is 12.4. The minimum atomic E-state index is -2.43. The summed E-state index contributed by atoms with van der Waals surface area (Å²) < 4.78 is 25.7. The second-order valence-corrected chi connectivity index (χ2v) is 4.66. The molecule has 0 saturated carbocycles. The molecule has 74 valence electrons. The molecule has 14 heavy (non-hydrogen) atoms. The van der Waals surface area contributed by atoms with Gasteiger partial charge in [0.25, 0.3) is 6.43 Å². The van der Waals surface area contributed by atoms with Gasteiger partial charge in [-0.25, -0.2) is 8.78 Å². The molecule has 0 unspecified atom stereocenters. The summed E-state index contributed by atoms with van der Waals surface area (Å²) in [6.07, 6.45) is -2.43. The zero-order chi connectivity index (χ0) is 10.3. The summed E-state index contributed by atoms with van der Waals surface area (Å²) in [6.45, 7) is 1.88. The van der Waals surface area contributed by atoms with Crippen molar-refractivity contribution in [1.82, 2.24) is 0 Å². The average Bonchev–Trinajstić information content (AvgIpc) is 2.43. The van der Waals surface area contributed by atoms with Crippen LogP contribution >= 0.6 is 22.9 Å². The zero-order valence-electron chi connectivity index (χ0n) is 7.35. The van der Waals surface area contributed by atoms with Gasteiger partial charge >= 0.3 is 0 Å². The molecule has 1 aromatic heterocycles. The van der Waals surface area contributed by atoms with E-state index in [1.807, 2.05) is 6.92 Å². The Morgan fingerprint density at radius 1 is 1.36 bits per heavy atom. The Morgan fingerprint density at radius 2 is 2.07 bits per heavy atom. The SMILES string of the molecule is Cc1sc2ccc(C(F)F)cc2c1Cl. The standard InChI is InChI=1S/C10H7ClF2S/c1-5-9(11)7-4-6(10(12)13)2-3-8(7)14-5/h2-4,10H,1H3. The Bertz CT molecular complexity index is 476. The minimum Gasteiger partial charge on any atom is -0.205 e. The summed E-state index contributed by atoms with van der Waals surface area (Å²) in [5.74, 6) is 0. The van der Waals surface area contributed by atoms with Crippen LogP contribution in [-0.2, 0) is 0 Å². The molecular formula is C10H7ClF2S. The van der Waals surface area contributed by atoms with Crippen molar-refractivity contribution < 1.29 is 8.78 Å². The summed E-state index contributed by atoms with van der Waals surface area (Å²) >= 11 is 7.51. The lowest BCUT2D eigenvalue weighted by Crippen LogP contribution is -1.81. The van der Waals surface area contributed by atoms with E-state index < -0.39 is 6.43 Å². The summed E-state index contributed by atoms with van der Waals surface area (Å²) in [6, 6.07) is 4.60. The molecule has 0 atom stereocenters. The van der Waals surface area contributed by atoms with E-state index in [0.29, 0.717) is 5.02 Å². The Balaban J connectivity index is 2.69. The number of hydrogen-bond acceptors (Lipinski definition) is 1. The predicted octanol–water partition coefficient (Wildman–Crippen LogP) is 4.80. The Hall–Kier alpha value is -0.670. The monoisotopic (exact) mass is 232 g/mol. The molecule has 0 amide bonds. The molecule has 0 aliphatic heterocycles. The maximum absolute atomic E-state index is 12.4. The highest BCUT2D eigenvalue weighted by atomic mass is 35.5. The molecule has 0 bridgehead atoms. The Labute approximate surface area is 89.1 Å². The van der Waals surface area contributed by atoms with Gasteiger partial charge in [0.15, 0.2) is 0 Å². The van der Waals surface area contributed by atoms with E-state index in [2.05, 4.69) is 0 Å². The lowest BCUT2D eigenvalue weighted by molar-refractivity contribution is 0.151. The van der Waals surface area contributed by atoms with E-state index in [4.69, 9.17) is 11.6 Å². The molecule has 4 heteroatoms. The topological polar surface area (TPSA) is 0 Å². The van der Waals surface area contributed by atoms with E-state index >= 15 is 0 Å². The number of fused-ring (bicyclic) bond motifs is 1. The fraction of sp³-hybridized carbons (Fsp3) is 0.200. The highest BCUT2D eigenvalue weighted by Gasteiger charge is 2.11. The second kappa shape index (κ2) is 3.48. The molecule has 0 aliphatic rings. The van der Waals surface area contributed by atoms with Gasteiger partial charge in [0.05, 0.1) is 5.02 Å². The van der Waals surface area contributed by atoms with Gasteiger partial charge in [-0.05, 0) is 19.1 Å². The van der Waals surface area contributed by atoms with Crippen LogP contribution in [0.2, 0.25) is 5.02 Å². The van der Waals surface area contributed by atoms with Crippen LogP contribution < -0.4 is 0 Å². The number of aryl methyl sites for hydroxylation is 1. The zero-order valence-corrected chi connectivity index (χ0v) is 8.92. The Kier molecular flexibility index (Phi) is 2.45. The molecule has 0 nitrogen and oxygen atoms in total. The number of hydrogen-bond donors (Lipinski definition) is 0.